The minimum absolute atomic E-state index is 0.201. The van der Waals surface area contributed by atoms with Gasteiger partial charge in [-0.05, 0) is 35.4 Å². The third kappa shape index (κ3) is 2.23. The van der Waals surface area contributed by atoms with Gasteiger partial charge in [0, 0.05) is 11.6 Å². The van der Waals surface area contributed by atoms with E-state index in [1.807, 2.05) is 31.2 Å². The molecule has 0 aliphatic heterocycles. The lowest BCUT2D eigenvalue weighted by molar-refractivity contribution is -0.142. The maximum atomic E-state index is 11.7. The molecule has 0 saturated carbocycles. The summed E-state index contributed by atoms with van der Waals surface area (Å²) in [5.74, 6) is -0.201. The molecule has 20 heavy (non-hydrogen) atoms. The highest BCUT2D eigenvalue weighted by Crippen LogP contribution is 2.27. The molecule has 3 heteroatoms. The van der Waals surface area contributed by atoms with Crippen molar-refractivity contribution in [1.29, 1.82) is 0 Å². The smallest absolute Gasteiger partial charge is 0.310 e. The summed E-state index contributed by atoms with van der Waals surface area (Å²) in [4.78, 5) is 16.1. The normalized spacial score (nSPS) is 10.8. The minimum Gasteiger partial charge on any atom is -0.466 e. The van der Waals surface area contributed by atoms with Crippen molar-refractivity contribution in [3.63, 3.8) is 0 Å². The summed E-state index contributed by atoms with van der Waals surface area (Å²) in [6, 6.07) is 14.1. The SMILES string of the molecule is CCOC(=O)Cc1ccnc2ccc3ccccc3c12. The number of hydrogen-bond acceptors (Lipinski definition) is 3. The highest BCUT2D eigenvalue weighted by molar-refractivity contribution is 6.08. The Bertz CT molecular complexity index is 780. The third-order valence-corrected chi connectivity index (χ3v) is 3.36. The fourth-order valence-electron chi connectivity index (χ4n) is 2.51. The summed E-state index contributed by atoms with van der Waals surface area (Å²) in [5.41, 5.74) is 1.87. The lowest BCUT2D eigenvalue weighted by Crippen LogP contribution is -2.08. The van der Waals surface area contributed by atoms with Crippen LogP contribution in [0.3, 0.4) is 0 Å². The highest BCUT2D eigenvalue weighted by Gasteiger charge is 2.10. The maximum absolute atomic E-state index is 11.7. The monoisotopic (exact) mass is 265 g/mol. The first-order valence-corrected chi connectivity index (χ1v) is 6.70. The zero-order valence-electron chi connectivity index (χ0n) is 11.3. The molecule has 1 aromatic heterocycles. The number of esters is 1. The van der Waals surface area contributed by atoms with E-state index in [9.17, 15) is 4.79 Å². The first kappa shape index (κ1) is 12.6. The number of benzene rings is 2. The van der Waals surface area contributed by atoms with Crippen LogP contribution in [0.4, 0.5) is 0 Å². The summed E-state index contributed by atoms with van der Waals surface area (Å²) < 4.78 is 5.05. The Morgan fingerprint density at radius 2 is 2.00 bits per heavy atom. The molecule has 100 valence electrons. The second-order valence-electron chi connectivity index (χ2n) is 4.63. The van der Waals surface area contributed by atoms with Gasteiger partial charge in [-0.2, -0.15) is 0 Å². The molecule has 3 aromatic rings. The number of ether oxygens (including phenoxy) is 1. The molecule has 0 fully saturated rings. The minimum atomic E-state index is -0.201. The first-order valence-electron chi connectivity index (χ1n) is 6.70. The maximum Gasteiger partial charge on any atom is 0.310 e. The molecule has 0 amide bonds. The molecule has 0 unspecified atom stereocenters. The van der Waals surface area contributed by atoms with Crippen molar-refractivity contribution in [2.24, 2.45) is 0 Å². The van der Waals surface area contributed by atoms with Gasteiger partial charge in [-0.25, -0.2) is 0 Å². The largest absolute Gasteiger partial charge is 0.466 e. The van der Waals surface area contributed by atoms with E-state index in [0.29, 0.717) is 6.61 Å². The Morgan fingerprint density at radius 3 is 2.85 bits per heavy atom. The first-order chi connectivity index (χ1) is 9.79. The van der Waals surface area contributed by atoms with Crippen LogP contribution in [-0.2, 0) is 16.0 Å². The Kier molecular flexibility index (Phi) is 3.33. The molecule has 0 aliphatic carbocycles. The van der Waals surface area contributed by atoms with E-state index in [-0.39, 0.29) is 12.4 Å². The summed E-state index contributed by atoms with van der Waals surface area (Å²) in [7, 11) is 0. The predicted molar refractivity (Wildman–Crippen MR) is 79.6 cm³/mol. The number of rotatable bonds is 3. The van der Waals surface area contributed by atoms with E-state index in [1.54, 1.807) is 6.20 Å². The van der Waals surface area contributed by atoms with Crippen LogP contribution in [0.2, 0.25) is 0 Å². The Morgan fingerprint density at radius 1 is 1.15 bits per heavy atom. The zero-order valence-corrected chi connectivity index (χ0v) is 11.3. The number of carbonyl (C=O) groups excluding carboxylic acids is 1. The van der Waals surface area contributed by atoms with E-state index in [2.05, 4.69) is 23.2 Å². The van der Waals surface area contributed by atoms with Gasteiger partial charge in [0.25, 0.3) is 0 Å². The van der Waals surface area contributed by atoms with Gasteiger partial charge in [-0.15, -0.1) is 0 Å². The van der Waals surface area contributed by atoms with Gasteiger partial charge in [-0.3, -0.25) is 9.78 Å². The molecule has 0 saturated heterocycles. The van der Waals surface area contributed by atoms with Crippen LogP contribution in [0.1, 0.15) is 12.5 Å². The number of hydrogen-bond donors (Lipinski definition) is 0. The van der Waals surface area contributed by atoms with Crippen molar-refractivity contribution in [2.45, 2.75) is 13.3 Å². The van der Waals surface area contributed by atoms with Gasteiger partial charge in [0.05, 0.1) is 18.5 Å². The lowest BCUT2D eigenvalue weighted by atomic mass is 9.99. The number of aromatic nitrogens is 1. The number of nitrogens with zero attached hydrogens (tertiary/aromatic N) is 1. The second-order valence-corrected chi connectivity index (χ2v) is 4.63. The number of pyridine rings is 1. The molecule has 0 atom stereocenters. The van der Waals surface area contributed by atoms with Crippen molar-refractivity contribution in [1.82, 2.24) is 4.98 Å². The summed E-state index contributed by atoms with van der Waals surface area (Å²) in [6.07, 6.45) is 2.02. The van der Waals surface area contributed by atoms with Crippen LogP contribution in [0.5, 0.6) is 0 Å². The van der Waals surface area contributed by atoms with Gasteiger partial charge in [0.15, 0.2) is 0 Å². The van der Waals surface area contributed by atoms with E-state index in [1.165, 1.54) is 0 Å². The molecule has 0 bridgehead atoms. The van der Waals surface area contributed by atoms with Crippen LogP contribution in [-0.4, -0.2) is 17.6 Å². The van der Waals surface area contributed by atoms with Crippen molar-refractivity contribution in [3.8, 4) is 0 Å². The van der Waals surface area contributed by atoms with E-state index in [4.69, 9.17) is 4.74 Å². The van der Waals surface area contributed by atoms with Crippen molar-refractivity contribution in [3.05, 3.63) is 54.2 Å². The summed E-state index contributed by atoms with van der Waals surface area (Å²) in [5, 5.41) is 3.31. The molecule has 0 radical (unpaired) electrons. The third-order valence-electron chi connectivity index (χ3n) is 3.36. The van der Waals surface area contributed by atoms with Gasteiger partial charge in [0.2, 0.25) is 0 Å². The average molecular weight is 265 g/mol. The molecular formula is C17H15NO2. The molecular weight excluding hydrogens is 250 g/mol. The molecule has 0 N–H and O–H groups in total. The molecule has 2 aromatic carbocycles. The van der Waals surface area contributed by atoms with E-state index in [0.717, 1.165) is 27.2 Å². The van der Waals surface area contributed by atoms with E-state index < -0.39 is 0 Å². The molecule has 0 spiro atoms. The van der Waals surface area contributed by atoms with Gasteiger partial charge < -0.3 is 4.74 Å². The van der Waals surface area contributed by atoms with Crippen LogP contribution in [0.25, 0.3) is 21.7 Å². The average Bonchev–Trinajstić information content (AvgIpc) is 2.47. The zero-order chi connectivity index (χ0) is 13.9. The van der Waals surface area contributed by atoms with Crippen molar-refractivity contribution >= 4 is 27.6 Å². The molecule has 1 heterocycles. The molecule has 3 nitrogen and oxygen atoms in total. The Labute approximate surface area is 117 Å². The standard InChI is InChI=1S/C17H15NO2/c1-2-20-16(19)11-13-9-10-18-15-8-7-12-5-3-4-6-14(12)17(13)15/h3-10H,2,11H2,1H3. The number of carbonyl (C=O) groups is 1. The summed E-state index contributed by atoms with van der Waals surface area (Å²) in [6.45, 7) is 2.22. The van der Waals surface area contributed by atoms with Gasteiger partial charge >= 0.3 is 5.97 Å². The second kappa shape index (κ2) is 5.29. The molecule has 0 aliphatic rings. The van der Waals surface area contributed by atoms with Crippen LogP contribution in [0, 0.1) is 0 Å². The van der Waals surface area contributed by atoms with Crippen LogP contribution >= 0.6 is 0 Å². The van der Waals surface area contributed by atoms with Crippen molar-refractivity contribution < 1.29 is 9.53 Å². The Hall–Kier alpha value is -2.42. The summed E-state index contributed by atoms with van der Waals surface area (Å²) >= 11 is 0. The van der Waals surface area contributed by atoms with Crippen LogP contribution in [0.15, 0.2) is 48.7 Å². The topological polar surface area (TPSA) is 39.2 Å². The van der Waals surface area contributed by atoms with Gasteiger partial charge in [-0.1, -0.05) is 30.3 Å². The lowest BCUT2D eigenvalue weighted by Gasteiger charge is -2.09. The fraction of sp³-hybridized carbons (Fsp3) is 0.176. The predicted octanol–water partition coefficient (Wildman–Crippen LogP) is 3.49. The molecule has 3 rings (SSSR count). The van der Waals surface area contributed by atoms with Crippen molar-refractivity contribution in [2.75, 3.05) is 6.61 Å². The number of fused-ring (bicyclic) bond motifs is 3. The fourth-order valence-corrected chi connectivity index (χ4v) is 2.51. The Balaban J connectivity index is 2.21. The highest BCUT2D eigenvalue weighted by atomic mass is 16.5. The quantitative estimate of drug-likeness (QED) is 0.537. The van der Waals surface area contributed by atoms with Gasteiger partial charge in [0.1, 0.15) is 0 Å². The van der Waals surface area contributed by atoms with E-state index >= 15 is 0 Å². The van der Waals surface area contributed by atoms with Crippen LogP contribution < -0.4 is 0 Å².